The fourth-order valence-electron chi connectivity index (χ4n) is 1.59. The molecule has 0 aliphatic rings. The standard InChI is InChI=1S/C11H12N6O4/c1-6-15-9(16-21-6)5-14-11(18)8-3-7(17(19)20)4-13-10(8)12-2/h3-4H,5H2,1-2H3,(H,12,13)(H,14,18). The molecule has 0 bridgehead atoms. The zero-order valence-electron chi connectivity index (χ0n) is 11.3. The number of anilines is 1. The molecule has 0 spiro atoms. The highest BCUT2D eigenvalue weighted by Crippen LogP contribution is 2.18. The van der Waals surface area contributed by atoms with Crippen LogP contribution in [-0.4, -0.2) is 33.0 Å². The molecule has 0 unspecified atom stereocenters. The second-order valence-electron chi connectivity index (χ2n) is 4.01. The lowest BCUT2D eigenvalue weighted by atomic mass is 10.2. The Kier molecular flexibility index (Phi) is 4.07. The third-order valence-electron chi connectivity index (χ3n) is 2.54. The molecule has 110 valence electrons. The average molecular weight is 292 g/mol. The number of pyridine rings is 1. The van der Waals surface area contributed by atoms with Crippen molar-refractivity contribution in [3.05, 3.63) is 39.7 Å². The molecule has 2 rings (SSSR count). The predicted molar refractivity (Wildman–Crippen MR) is 70.6 cm³/mol. The van der Waals surface area contributed by atoms with Crippen LogP contribution in [0.3, 0.4) is 0 Å². The van der Waals surface area contributed by atoms with Gasteiger partial charge in [-0.05, 0) is 0 Å². The molecule has 10 heteroatoms. The highest BCUT2D eigenvalue weighted by Gasteiger charge is 2.18. The van der Waals surface area contributed by atoms with Gasteiger partial charge in [0.05, 0.1) is 17.0 Å². The van der Waals surface area contributed by atoms with Crippen LogP contribution in [0, 0.1) is 17.0 Å². The van der Waals surface area contributed by atoms with Gasteiger partial charge in [-0.2, -0.15) is 4.98 Å². The van der Waals surface area contributed by atoms with Crippen molar-refractivity contribution in [2.24, 2.45) is 0 Å². The van der Waals surface area contributed by atoms with Crippen molar-refractivity contribution in [1.29, 1.82) is 0 Å². The molecule has 10 nitrogen and oxygen atoms in total. The van der Waals surface area contributed by atoms with Gasteiger partial charge in [-0.3, -0.25) is 14.9 Å². The SMILES string of the molecule is CNc1ncc([N+](=O)[O-])cc1C(=O)NCc1noc(C)n1. The topological polar surface area (TPSA) is 136 Å². The molecule has 2 aromatic heterocycles. The van der Waals surface area contributed by atoms with E-state index < -0.39 is 10.8 Å². The van der Waals surface area contributed by atoms with Gasteiger partial charge < -0.3 is 15.2 Å². The van der Waals surface area contributed by atoms with Crippen LogP contribution in [0.1, 0.15) is 22.1 Å². The van der Waals surface area contributed by atoms with Crippen molar-refractivity contribution in [1.82, 2.24) is 20.4 Å². The van der Waals surface area contributed by atoms with Crippen LogP contribution in [0.4, 0.5) is 11.5 Å². The van der Waals surface area contributed by atoms with Gasteiger partial charge in [0, 0.05) is 20.0 Å². The molecule has 2 heterocycles. The first-order valence-corrected chi connectivity index (χ1v) is 5.91. The number of rotatable bonds is 5. The average Bonchev–Trinajstić information content (AvgIpc) is 2.89. The Morgan fingerprint density at radius 1 is 1.52 bits per heavy atom. The van der Waals surface area contributed by atoms with E-state index in [4.69, 9.17) is 4.52 Å². The zero-order valence-corrected chi connectivity index (χ0v) is 11.3. The van der Waals surface area contributed by atoms with E-state index in [2.05, 4.69) is 25.8 Å². The summed E-state index contributed by atoms with van der Waals surface area (Å²) in [6, 6.07) is 1.15. The summed E-state index contributed by atoms with van der Waals surface area (Å²) < 4.78 is 4.77. The lowest BCUT2D eigenvalue weighted by Gasteiger charge is -2.07. The third kappa shape index (κ3) is 3.29. The molecule has 0 aliphatic carbocycles. The van der Waals surface area contributed by atoms with E-state index in [1.165, 1.54) is 0 Å². The van der Waals surface area contributed by atoms with E-state index in [9.17, 15) is 14.9 Å². The first-order chi connectivity index (χ1) is 10.0. The Hall–Kier alpha value is -3.04. The first-order valence-electron chi connectivity index (χ1n) is 5.91. The van der Waals surface area contributed by atoms with Crippen LogP contribution in [0.5, 0.6) is 0 Å². The molecule has 1 amide bonds. The van der Waals surface area contributed by atoms with Crippen molar-refractivity contribution < 1.29 is 14.2 Å². The summed E-state index contributed by atoms with van der Waals surface area (Å²) in [5.74, 6) is 0.401. The lowest BCUT2D eigenvalue weighted by molar-refractivity contribution is -0.385. The Morgan fingerprint density at radius 2 is 2.29 bits per heavy atom. The quantitative estimate of drug-likeness (QED) is 0.605. The summed E-state index contributed by atoms with van der Waals surface area (Å²) in [5, 5.41) is 19.6. The van der Waals surface area contributed by atoms with Crippen LogP contribution in [-0.2, 0) is 6.54 Å². The maximum Gasteiger partial charge on any atom is 0.288 e. The highest BCUT2D eigenvalue weighted by molar-refractivity contribution is 5.99. The minimum atomic E-state index is -0.619. The lowest BCUT2D eigenvalue weighted by Crippen LogP contribution is -2.24. The van der Waals surface area contributed by atoms with Crippen LogP contribution >= 0.6 is 0 Å². The van der Waals surface area contributed by atoms with Gasteiger partial charge in [-0.15, -0.1) is 0 Å². The van der Waals surface area contributed by atoms with Crippen molar-refractivity contribution in [3.8, 4) is 0 Å². The number of carbonyl (C=O) groups is 1. The molecule has 0 radical (unpaired) electrons. The molecule has 0 fully saturated rings. The van der Waals surface area contributed by atoms with Gasteiger partial charge in [-0.1, -0.05) is 5.16 Å². The Labute approximate surface area is 118 Å². The number of aryl methyl sites for hydroxylation is 1. The fraction of sp³-hybridized carbons (Fsp3) is 0.273. The molecule has 0 aliphatic heterocycles. The highest BCUT2D eigenvalue weighted by atomic mass is 16.6. The number of aromatic nitrogens is 3. The number of nitrogens with one attached hydrogen (secondary N) is 2. The van der Waals surface area contributed by atoms with E-state index in [1.807, 2.05) is 0 Å². The largest absolute Gasteiger partial charge is 0.372 e. The van der Waals surface area contributed by atoms with Gasteiger partial charge in [-0.25, -0.2) is 4.98 Å². The van der Waals surface area contributed by atoms with Crippen molar-refractivity contribution >= 4 is 17.4 Å². The number of nitrogens with zero attached hydrogens (tertiary/aromatic N) is 4. The van der Waals surface area contributed by atoms with Crippen LogP contribution in [0.2, 0.25) is 0 Å². The van der Waals surface area contributed by atoms with E-state index in [-0.39, 0.29) is 23.6 Å². The normalized spacial score (nSPS) is 10.2. The Morgan fingerprint density at radius 3 is 2.86 bits per heavy atom. The summed E-state index contributed by atoms with van der Waals surface area (Å²) in [4.78, 5) is 30.0. The molecule has 2 N–H and O–H groups in total. The number of nitro groups is 1. The molecule has 0 aromatic carbocycles. The Balaban J connectivity index is 2.17. The van der Waals surface area contributed by atoms with Crippen LogP contribution in [0.25, 0.3) is 0 Å². The molecule has 0 saturated carbocycles. The number of carbonyl (C=O) groups excluding carboxylic acids is 1. The fourth-order valence-corrected chi connectivity index (χ4v) is 1.59. The van der Waals surface area contributed by atoms with E-state index >= 15 is 0 Å². The van der Waals surface area contributed by atoms with Crippen molar-refractivity contribution in [2.45, 2.75) is 13.5 Å². The van der Waals surface area contributed by atoms with Gasteiger partial charge in [0.1, 0.15) is 12.0 Å². The van der Waals surface area contributed by atoms with Gasteiger partial charge in [0.25, 0.3) is 11.6 Å². The first kappa shape index (κ1) is 14.4. The maximum atomic E-state index is 12.1. The van der Waals surface area contributed by atoms with E-state index in [0.717, 1.165) is 12.3 Å². The van der Waals surface area contributed by atoms with E-state index in [1.54, 1.807) is 14.0 Å². The minimum absolute atomic E-state index is 0.0437. The predicted octanol–water partition coefficient (Wildman–Crippen LogP) is 0.653. The number of hydrogen-bond acceptors (Lipinski definition) is 8. The van der Waals surface area contributed by atoms with Crippen LogP contribution in [0.15, 0.2) is 16.8 Å². The van der Waals surface area contributed by atoms with Crippen LogP contribution < -0.4 is 10.6 Å². The van der Waals surface area contributed by atoms with Gasteiger partial charge in [0.15, 0.2) is 5.82 Å². The molecule has 0 atom stereocenters. The van der Waals surface area contributed by atoms with Gasteiger partial charge >= 0.3 is 0 Å². The monoisotopic (exact) mass is 292 g/mol. The number of hydrogen-bond donors (Lipinski definition) is 2. The molecular formula is C11H12N6O4. The smallest absolute Gasteiger partial charge is 0.288 e. The molecule has 21 heavy (non-hydrogen) atoms. The van der Waals surface area contributed by atoms with E-state index in [0.29, 0.717) is 11.7 Å². The second kappa shape index (κ2) is 5.94. The summed E-state index contributed by atoms with van der Waals surface area (Å²) in [6.07, 6.45) is 1.07. The van der Waals surface area contributed by atoms with Crippen molar-refractivity contribution in [2.75, 3.05) is 12.4 Å². The minimum Gasteiger partial charge on any atom is -0.372 e. The summed E-state index contributed by atoms with van der Waals surface area (Å²) in [6.45, 7) is 1.67. The summed E-state index contributed by atoms with van der Waals surface area (Å²) in [5.41, 5.74) is -0.207. The molecule has 0 saturated heterocycles. The number of amides is 1. The molecule has 2 aromatic rings. The Bertz CT molecular complexity index is 683. The zero-order chi connectivity index (χ0) is 15.4. The second-order valence-corrected chi connectivity index (χ2v) is 4.01. The van der Waals surface area contributed by atoms with Gasteiger partial charge in [0.2, 0.25) is 5.89 Å². The summed E-state index contributed by atoms with van der Waals surface area (Å²) in [7, 11) is 1.56. The van der Waals surface area contributed by atoms with Crippen molar-refractivity contribution in [3.63, 3.8) is 0 Å². The summed E-state index contributed by atoms with van der Waals surface area (Å²) >= 11 is 0. The maximum absolute atomic E-state index is 12.1. The molecular weight excluding hydrogens is 280 g/mol. The third-order valence-corrected chi connectivity index (χ3v) is 2.54.